The zero-order valence-corrected chi connectivity index (χ0v) is 13.9. The van der Waals surface area contributed by atoms with Crippen molar-refractivity contribution in [2.75, 3.05) is 7.05 Å². The number of hydrogen-bond acceptors (Lipinski definition) is 2. The normalized spacial score (nSPS) is 16.0. The smallest absolute Gasteiger partial charge is 0.315 e. The summed E-state index contributed by atoms with van der Waals surface area (Å²) in [5.41, 5.74) is 1.60. The standard InChI is InChI=1S/C18H27N3O2/c1-19-17(22)15-11-9-14(10-12-15)13-20-18(23)21-16-7-5-3-2-4-6-8-16/h9-12,16H,2-8,13H2,1H3,(H,19,22)(H2,20,21,23). The molecule has 1 fully saturated rings. The van der Waals surface area contributed by atoms with Gasteiger partial charge in [0.25, 0.3) is 5.91 Å². The monoisotopic (exact) mass is 317 g/mol. The van der Waals surface area contributed by atoms with Crippen LogP contribution in [0, 0.1) is 0 Å². The molecule has 23 heavy (non-hydrogen) atoms. The second-order valence-corrected chi connectivity index (χ2v) is 6.15. The Bertz CT molecular complexity index is 506. The maximum atomic E-state index is 12.0. The Labute approximate surface area is 138 Å². The Morgan fingerprint density at radius 2 is 1.61 bits per heavy atom. The van der Waals surface area contributed by atoms with E-state index in [0.29, 0.717) is 18.2 Å². The van der Waals surface area contributed by atoms with E-state index in [-0.39, 0.29) is 11.9 Å². The SMILES string of the molecule is CNC(=O)c1ccc(CNC(=O)NC2CCCCCCC2)cc1. The van der Waals surface area contributed by atoms with Gasteiger partial charge in [0, 0.05) is 25.2 Å². The third-order valence-electron chi connectivity index (χ3n) is 4.34. The van der Waals surface area contributed by atoms with E-state index in [4.69, 9.17) is 0 Å². The first kappa shape index (κ1) is 17.3. The molecular formula is C18H27N3O2. The zero-order valence-electron chi connectivity index (χ0n) is 13.9. The Kier molecular flexibility index (Phi) is 6.91. The van der Waals surface area contributed by atoms with E-state index in [0.717, 1.165) is 18.4 Å². The highest BCUT2D eigenvalue weighted by molar-refractivity contribution is 5.93. The summed E-state index contributed by atoms with van der Waals surface area (Å²) in [6.07, 6.45) is 8.43. The molecule has 1 aromatic carbocycles. The first-order valence-electron chi connectivity index (χ1n) is 8.54. The lowest BCUT2D eigenvalue weighted by Crippen LogP contribution is -2.42. The van der Waals surface area contributed by atoms with E-state index in [1.165, 1.54) is 32.1 Å². The molecule has 0 aromatic heterocycles. The van der Waals surface area contributed by atoms with Crippen molar-refractivity contribution < 1.29 is 9.59 Å². The molecule has 0 aliphatic heterocycles. The molecule has 3 amide bonds. The van der Waals surface area contributed by atoms with Crippen LogP contribution in [0.1, 0.15) is 60.9 Å². The van der Waals surface area contributed by atoms with Gasteiger partial charge in [0.2, 0.25) is 0 Å². The van der Waals surface area contributed by atoms with Gasteiger partial charge in [-0.2, -0.15) is 0 Å². The maximum Gasteiger partial charge on any atom is 0.315 e. The van der Waals surface area contributed by atoms with Gasteiger partial charge in [-0.25, -0.2) is 4.79 Å². The molecule has 0 heterocycles. The molecule has 1 aromatic rings. The van der Waals surface area contributed by atoms with Gasteiger partial charge in [-0.05, 0) is 30.5 Å². The summed E-state index contributed by atoms with van der Waals surface area (Å²) in [5.74, 6) is -0.105. The number of hydrogen-bond donors (Lipinski definition) is 3. The summed E-state index contributed by atoms with van der Waals surface area (Å²) in [6.45, 7) is 0.465. The van der Waals surface area contributed by atoms with E-state index in [1.54, 1.807) is 19.2 Å². The minimum absolute atomic E-state index is 0.105. The number of nitrogens with one attached hydrogen (secondary N) is 3. The fourth-order valence-electron chi connectivity index (χ4n) is 2.94. The molecule has 2 rings (SSSR count). The molecule has 126 valence electrons. The van der Waals surface area contributed by atoms with Crippen LogP contribution in [-0.4, -0.2) is 25.0 Å². The van der Waals surface area contributed by atoms with Crippen LogP contribution < -0.4 is 16.0 Å². The Balaban J connectivity index is 1.76. The lowest BCUT2D eigenvalue weighted by atomic mass is 9.97. The van der Waals surface area contributed by atoms with Gasteiger partial charge in [-0.15, -0.1) is 0 Å². The van der Waals surface area contributed by atoms with Crippen molar-refractivity contribution in [1.82, 2.24) is 16.0 Å². The Morgan fingerprint density at radius 3 is 2.22 bits per heavy atom. The molecule has 0 unspecified atom stereocenters. The lowest BCUT2D eigenvalue weighted by molar-refractivity contribution is 0.0963. The van der Waals surface area contributed by atoms with Crippen LogP contribution in [0.4, 0.5) is 4.79 Å². The quantitative estimate of drug-likeness (QED) is 0.799. The molecule has 0 atom stereocenters. The predicted molar refractivity (Wildman–Crippen MR) is 91.3 cm³/mol. The third kappa shape index (κ3) is 5.93. The fraction of sp³-hybridized carbons (Fsp3) is 0.556. The molecular weight excluding hydrogens is 290 g/mol. The summed E-state index contributed by atoms with van der Waals surface area (Å²) in [6, 6.07) is 7.45. The first-order chi connectivity index (χ1) is 11.2. The molecule has 0 spiro atoms. The average Bonchev–Trinajstić information content (AvgIpc) is 2.55. The van der Waals surface area contributed by atoms with Gasteiger partial charge in [-0.1, -0.05) is 44.2 Å². The van der Waals surface area contributed by atoms with Gasteiger partial charge in [0.05, 0.1) is 0 Å². The van der Waals surface area contributed by atoms with Gasteiger partial charge >= 0.3 is 6.03 Å². The molecule has 5 heteroatoms. The summed E-state index contributed by atoms with van der Waals surface area (Å²) in [7, 11) is 1.61. The van der Waals surface area contributed by atoms with E-state index < -0.39 is 0 Å². The van der Waals surface area contributed by atoms with Crippen LogP contribution in [-0.2, 0) is 6.54 Å². The predicted octanol–water partition coefficient (Wildman–Crippen LogP) is 2.96. The second kappa shape index (κ2) is 9.18. The molecule has 1 aliphatic rings. The van der Waals surface area contributed by atoms with Crippen molar-refractivity contribution in [3.8, 4) is 0 Å². The van der Waals surface area contributed by atoms with E-state index >= 15 is 0 Å². The number of carbonyl (C=O) groups excluding carboxylic acids is 2. The highest BCUT2D eigenvalue weighted by atomic mass is 16.2. The van der Waals surface area contributed by atoms with Crippen LogP contribution in [0.3, 0.4) is 0 Å². The molecule has 3 N–H and O–H groups in total. The van der Waals surface area contributed by atoms with E-state index in [9.17, 15) is 9.59 Å². The van der Waals surface area contributed by atoms with Gasteiger partial charge < -0.3 is 16.0 Å². The molecule has 0 radical (unpaired) electrons. The van der Waals surface area contributed by atoms with Crippen LogP contribution in [0.25, 0.3) is 0 Å². The number of urea groups is 1. The summed E-state index contributed by atoms with van der Waals surface area (Å²) < 4.78 is 0. The van der Waals surface area contributed by atoms with Crippen molar-refractivity contribution >= 4 is 11.9 Å². The number of carbonyl (C=O) groups is 2. The van der Waals surface area contributed by atoms with E-state index in [1.807, 2.05) is 12.1 Å². The van der Waals surface area contributed by atoms with Crippen molar-refractivity contribution in [3.05, 3.63) is 35.4 Å². The molecule has 1 aliphatic carbocycles. The highest BCUT2D eigenvalue weighted by Gasteiger charge is 2.13. The minimum atomic E-state index is -0.106. The second-order valence-electron chi connectivity index (χ2n) is 6.15. The van der Waals surface area contributed by atoms with Crippen molar-refractivity contribution in [3.63, 3.8) is 0 Å². The van der Waals surface area contributed by atoms with Crippen molar-refractivity contribution in [1.29, 1.82) is 0 Å². The van der Waals surface area contributed by atoms with E-state index in [2.05, 4.69) is 16.0 Å². The topological polar surface area (TPSA) is 70.2 Å². The largest absolute Gasteiger partial charge is 0.355 e. The summed E-state index contributed by atoms with van der Waals surface area (Å²) >= 11 is 0. The van der Waals surface area contributed by atoms with Crippen LogP contribution in [0.15, 0.2) is 24.3 Å². The Morgan fingerprint density at radius 1 is 1.00 bits per heavy atom. The Hall–Kier alpha value is -2.04. The van der Waals surface area contributed by atoms with Crippen LogP contribution in [0.2, 0.25) is 0 Å². The first-order valence-corrected chi connectivity index (χ1v) is 8.54. The number of benzene rings is 1. The van der Waals surface area contributed by atoms with Crippen LogP contribution in [0.5, 0.6) is 0 Å². The zero-order chi connectivity index (χ0) is 16.5. The molecule has 1 saturated carbocycles. The fourth-order valence-corrected chi connectivity index (χ4v) is 2.94. The molecule has 0 bridgehead atoms. The number of rotatable bonds is 4. The van der Waals surface area contributed by atoms with Crippen LogP contribution >= 0.6 is 0 Å². The highest BCUT2D eigenvalue weighted by Crippen LogP contribution is 2.17. The summed E-state index contributed by atoms with van der Waals surface area (Å²) in [4.78, 5) is 23.5. The van der Waals surface area contributed by atoms with Crippen molar-refractivity contribution in [2.24, 2.45) is 0 Å². The molecule has 5 nitrogen and oxygen atoms in total. The molecule has 0 saturated heterocycles. The average molecular weight is 317 g/mol. The van der Waals surface area contributed by atoms with Gasteiger partial charge in [0.15, 0.2) is 0 Å². The van der Waals surface area contributed by atoms with Gasteiger partial charge in [0.1, 0.15) is 0 Å². The van der Waals surface area contributed by atoms with Gasteiger partial charge in [-0.3, -0.25) is 4.79 Å². The van der Waals surface area contributed by atoms with Crippen molar-refractivity contribution in [2.45, 2.75) is 57.5 Å². The lowest BCUT2D eigenvalue weighted by Gasteiger charge is -2.21. The summed E-state index contributed by atoms with van der Waals surface area (Å²) in [5, 5.41) is 8.56. The third-order valence-corrected chi connectivity index (χ3v) is 4.34. The minimum Gasteiger partial charge on any atom is -0.355 e. The number of amides is 3. The maximum absolute atomic E-state index is 12.0.